The van der Waals surface area contributed by atoms with Gasteiger partial charge in [-0.05, 0) is 80.5 Å². The topological polar surface area (TPSA) is 307 Å². The Kier molecular flexibility index (Phi) is 19.3. The third-order valence-electron chi connectivity index (χ3n) is 10.6. The van der Waals surface area contributed by atoms with Crippen molar-refractivity contribution in [3.8, 4) is 22.5 Å². The van der Waals surface area contributed by atoms with Gasteiger partial charge in [-0.3, -0.25) is 24.0 Å². The number of piperidine rings is 1. The van der Waals surface area contributed by atoms with Crippen molar-refractivity contribution in [2.24, 2.45) is 17.2 Å². The third-order valence-corrected chi connectivity index (χ3v) is 10.8. The molecule has 1 fully saturated rings. The maximum Gasteiger partial charge on any atom is 0.312 e. The summed E-state index contributed by atoms with van der Waals surface area (Å²) in [5.74, 6) is -1.98. The standard InChI is InChI=1S/C44H59ClFN13O7/c1-26-20-27(22-29(46)21-26)31-24-54-41(39(40(31)59-16-8-30(47)9-17-59)42-57-32-5-4-28(45)23-34(32)58-42)52-15-14-51-36(61)10-18-66-19-11-37(62)56-33(6-7-35(48)60)43(64)55-25-38(63)50-12-2-3-13-53-44(49)65/h4-5,20-24,30,33H,2-3,6-19,25,47H2,1H3,(H2,48,60)(H,50,63)(H,51,61)(H,52,54)(H,55,64)(H,56,62)(H,57,58)(H3,49,53,65). The quantitative estimate of drug-likeness (QED) is 0.0428. The number of pyridine rings is 1. The molecule has 3 heterocycles. The van der Waals surface area contributed by atoms with Crippen molar-refractivity contribution < 1.29 is 37.9 Å². The van der Waals surface area contributed by atoms with Crippen LogP contribution in [0.4, 0.5) is 20.7 Å². The molecule has 20 nitrogen and oxygen atoms in total. The van der Waals surface area contributed by atoms with Crippen LogP contribution < -0.4 is 54.0 Å². The summed E-state index contributed by atoms with van der Waals surface area (Å²) in [6.45, 7) is 3.94. The number of H-pyrrole nitrogens is 1. The van der Waals surface area contributed by atoms with Gasteiger partial charge in [-0.2, -0.15) is 0 Å². The Hall–Kier alpha value is -6.58. The van der Waals surface area contributed by atoms with Crippen LogP contribution in [0.15, 0.2) is 42.6 Å². The largest absolute Gasteiger partial charge is 0.380 e. The highest BCUT2D eigenvalue weighted by atomic mass is 35.5. The smallest absolute Gasteiger partial charge is 0.312 e. The first-order chi connectivity index (χ1) is 31.7. The average molecular weight is 936 g/mol. The van der Waals surface area contributed by atoms with Gasteiger partial charge >= 0.3 is 6.03 Å². The SMILES string of the molecule is Cc1cc(F)cc(-c2cnc(NCCNC(=O)CCOCCC(=O)NC(CCC(N)=O)C(=O)NCC(=O)NCCCCNC(N)=O)c(-c3nc4ccc(Cl)cc4[nH]3)c2N2CCC(N)CC2)c1. The Labute approximate surface area is 386 Å². The molecule has 0 aliphatic carbocycles. The molecule has 1 aliphatic rings. The predicted octanol–water partition coefficient (Wildman–Crippen LogP) is 2.08. The number of carbonyl (C=O) groups is 6. The molecular weight excluding hydrogens is 877 g/mol. The Morgan fingerprint density at radius 1 is 0.894 bits per heavy atom. The molecule has 0 saturated carbocycles. The number of urea groups is 1. The number of hydrogen-bond acceptors (Lipinski definition) is 12. The van der Waals surface area contributed by atoms with Gasteiger partial charge in [0, 0.05) is 81.4 Å². The molecule has 0 radical (unpaired) electrons. The van der Waals surface area contributed by atoms with Gasteiger partial charge in [0.15, 0.2) is 0 Å². The summed E-state index contributed by atoms with van der Waals surface area (Å²) in [5, 5.41) is 16.8. The summed E-state index contributed by atoms with van der Waals surface area (Å²) in [6.07, 6.45) is 3.98. The number of nitrogens with two attached hydrogens (primary N) is 3. The van der Waals surface area contributed by atoms with Crippen molar-refractivity contribution in [1.29, 1.82) is 0 Å². The number of fused-ring (bicyclic) bond motifs is 1. The fraction of sp³-hybridized carbons (Fsp3) is 0.455. The molecule has 1 unspecified atom stereocenters. The normalized spacial score (nSPS) is 13.2. The number of amides is 7. The number of nitrogens with one attached hydrogen (secondary N) is 7. The second-order valence-electron chi connectivity index (χ2n) is 15.9. The second-order valence-corrected chi connectivity index (χ2v) is 16.3. The van der Waals surface area contributed by atoms with Crippen LogP contribution in [-0.2, 0) is 28.7 Å². The lowest BCUT2D eigenvalue weighted by molar-refractivity contribution is -0.131. The third kappa shape index (κ3) is 15.8. The van der Waals surface area contributed by atoms with Crippen molar-refractivity contribution in [3.05, 3.63) is 59.0 Å². The first-order valence-electron chi connectivity index (χ1n) is 21.9. The maximum absolute atomic E-state index is 14.9. The van der Waals surface area contributed by atoms with Gasteiger partial charge in [-0.25, -0.2) is 19.2 Å². The van der Waals surface area contributed by atoms with Crippen LogP contribution in [0.25, 0.3) is 33.5 Å². The van der Waals surface area contributed by atoms with E-state index in [-0.39, 0.29) is 76.3 Å². The van der Waals surface area contributed by atoms with Crippen molar-refractivity contribution in [3.63, 3.8) is 0 Å². The average Bonchev–Trinajstić information content (AvgIpc) is 3.69. The Morgan fingerprint density at radius 2 is 1.61 bits per heavy atom. The number of imidazole rings is 1. The zero-order valence-corrected chi connectivity index (χ0v) is 37.7. The fourth-order valence-electron chi connectivity index (χ4n) is 7.28. The Bertz CT molecular complexity index is 2320. The van der Waals surface area contributed by atoms with Crippen LogP contribution in [0, 0.1) is 12.7 Å². The zero-order valence-electron chi connectivity index (χ0n) is 36.9. The number of carbonyl (C=O) groups excluding carboxylic acids is 6. The predicted molar refractivity (Wildman–Crippen MR) is 249 cm³/mol. The number of aromatic nitrogens is 3. The van der Waals surface area contributed by atoms with Crippen LogP contribution in [0.2, 0.25) is 5.02 Å². The fourth-order valence-corrected chi connectivity index (χ4v) is 7.45. The minimum absolute atomic E-state index is 0.00558. The van der Waals surface area contributed by atoms with E-state index in [9.17, 15) is 33.2 Å². The van der Waals surface area contributed by atoms with Crippen molar-refractivity contribution in [1.82, 2.24) is 41.5 Å². The number of aromatic amines is 1. The molecule has 1 atom stereocenters. The number of rotatable bonds is 25. The summed E-state index contributed by atoms with van der Waals surface area (Å²) < 4.78 is 20.4. The van der Waals surface area contributed by atoms with Crippen LogP contribution in [0.5, 0.6) is 0 Å². The second kappa shape index (κ2) is 25.2. The number of benzene rings is 2. The van der Waals surface area contributed by atoms with E-state index in [1.807, 2.05) is 19.1 Å². The molecule has 13 N–H and O–H groups in total. The van der Waals surface area contributed by atoms with Gasteiger partial charge in [0.1, 0.15) is 23.5 Å². The summed E-state index contributed by atoms with van der Waals surface area (Å²) in [5.41, 5.74) is 21.6. The molecule has 66 heavy (non-hydrogen) atoms. The van der Waals surface area contributed by atoms with E-state index < -0.39 is 35.7 Å². The molecule has 0 bridgehead atoms. The van der Waals surface area contributed by atoms with Gasteiger partial charge in [-0.15, -0.1) is 0 Å². The van der Waals surface area contributed by atoms with Crippen molar-refractivity contribution in [2.75, 3.05) is 69.2 Å². The number of primary amides is 2. The Balaban J connectivity index is 1.12. The summed E-state index contributed by atoms with van der Waals surface area (Å²) >= 11 is 6.33. The first kappa shape index (κ1) is 50.4. The Morgan fingerprint density at radius 3 is 2.32 bits per heavy atom. The van der Waals surface area contributed by atoms with Gasteiger partial charge in [0.25, 0.3) is 0 Å². The summed E-state index contributed by atoms with van der Waals surface area (Å²) in [7, 11) is 0. The molecule has 4 aromatic rings. The summed E-state index contributed by atoms with van der Waals surface area (Å²) in [6, 6.07) is 8.55. The molecule has 1 saturated heterocycles. The molecule has 5 rings (SSSR count). The molecule has 2 aromatic carbocycles. The number of aryl methyl sites for hydroxylation is 1. The number of anilines is 2. The molecule has 1 aliphatic heterocycles. The monoisotopic (exact) mass is 935 g/mol. The van der Waals surface area contributed by atoms with E-state index >= 15 is 0 Å². The molecular formula is C44H59ClFN13O7. The highest BCUT2D eigenvalue weighted by Gasteiger charge is 2.28. The highest BCUT2D eigenvalue weighted by molar-refractivity contribution is 6.31. The van der Waals surface area contributed by atoms with E-state index in [0.29, 0.717) is 72.3 Å². The maximum atomic E-state index is 14.9. The van der Waals surface area contributed by atoms with Gasteiger partial charge in [0.2, 0.25) is 29.5 Å². The highest BCUT2D eigenvalue weighted by Crippen LogP contribution is 2.44. The number of ether oxygens (including phenoxy) is 1. The molecule has 22 heteroatoms. The van der Waals surface area contributed by atoms with E-state index in [1.165, 1.54) is 12.1 Å². The number of halogens is 2. The minimum Gasteiger partial charge on any atom is -0.380 e. The number of hydrogen-bond donors (Lipinski definition) is 10. The number of unbranched alkanes of at least 4 members (excludes halogenated alkanes) is 1. The molecule has 0 spiro atoms. The van der Waals surface area contributed by atoms with E-state index in [2.05, 4.69) is 41.8 Å². The lowest BCUT2D eigenvalue weighted by Gasteiger charge is -2.35. The lowest BCUT2D eigenvalue weighted by Crippen LogP contribution is -2.49. The van der Waals surface area contributed by atoms with E-state index in [4.69, 9.17) is 43.5 Å². The van der Waals surface area contributed by atoms with Gasteiger partial charge in [-0.1, -0.05) is 17.7 Å². The summed E-state index contributed by atoms with van der Waals surface area (Å²) in [4.78, 5) is 87.9. The lowest BCUT2D eigenvalue weighted by atomic mass is 9.96. The van der Waals surface area contributed by atoms with Crippen LogP contribution >= 0.6 is 11.6 Å². The van der Waals surface area contributed by atoms with Crippen LogP contribution in [0.1, 0.15) is 56.9 Å². The van der Waals surface area contributed by atoms with Crippen LogP contribution in [-0.4, -0.2) is 122 Å². The van der Waals surface area contributed by atoms with E-state index in [1.54, 1.807) is 18.3 Å². The molecule has 356 valence electrons. The first-order valence-corrected chi connectivity index (χ1v) is 22.2. The molecule has 7 amide bonds. The van der Waals surface area contributed by atoms with E-state index in [0.717, 1.165) is 35.2 Å². The molecule has 2 aromatic heterocycles. The zero-order chi connectivity index (χ0) is 47.6. The minimum atomic E-state index is -1.13. The van der Waals surface area contributed by atoms with Gasteiger partial charge in [0.05, 0.1) is 42.0 Å². The number of nitrogens with zero attached hydrogens (tertiary/aromatic N) is 3. The van der Waals surface area contributed by atoms with Crippen molar-refractivity contribution >= 4 is 69.7 Å². The van der Waals surface area contributed by atoms with Gasteiger partial charge < -0.3 is 63.7 Å². The van der Waals surface area contributed by atoms with Crippen molar-refractivity contribution in [2.45, 2.75) is 70.4 Å². The van der Waals surface area contributed by atoms with Crippen LogP contribution in [0.3, 0.4) is 0 Å².